The van der Waals surface area contributed by atoms with Crippen molar-refractivity contribution < 1.29 is 4.79 Å². The van der Waals surface area contributed by atoms with Crippen LogP contribution in [0.1, 0.15) is 31.7 Å². The maximum absolute atomic E-state index is 11.7. The van der Waals surface area contributed by atoms with Gasteiger partial charge in [-0.1, -0.05) is 67.9 Å². The van der Waals surface area contributed by atoms with Crippen molar-refractivity contribution in [2.45, 2.75) is 32.6 Å². The van der Waals surface area contributed by atoms with Gasteiger partial charge >= 0.3 is 0 Å². The van der Waals surface area contributed by atoms with Gasteiger partial charge in [0.15, 0.2) is 0 Å². The summed E-state index contributed by atoms with van der Waals surface area (Å²) in [6, 6.07) is 18.6. The molecule has 0 aliphatic heterocycles. The van der Waals surface area contributed by atoms with Crippen LogP contribution in [0, 0.1) is 0 Å². The van der Waals surface area contributed by atoms with E-state index in [9.17, 15) is 4.79 Å². The van der Waals surface area contributed by atoms with Gasteiger partial charge in [-0.05, 0) is 23.1 Å². The molecule has 0 aliphatic carbocycles. The molecule has 98 valence electrons. The third-order valence-electron chi connectivity index (χ3n) is 3.27. The molecule has 0 spiro atoms. The number of hydrogen-bond donors (Lipinski definition) is 0. The van der Waals surface area contributed by atoms with E-state index in [2.05, 4.69) is 43.3 Å². The summed E-state index contributed by atoms with van der Waals surface area (Å²) in [6.07, 6.45) is 3.35. The van der Waals surface area contributed by atoms with E-state index in [4.69, 9.17) is 0 Å². The summed E-state index contributed by atoms with van der Waals surface area (Å²) in [4.78, 5) is 11.7. The molecule has 0 unspecified atom stereocenters. The summed E-state index contributed by atoms with van der Waals surface area (Å²) in [6.45, 7) is 2.11. The lowest BCUT2D eigenvalue weighted by Gasteiger charge is -2.04. The normalized spacial score (nSPS) is 10.4. The molecule has 0 fully saturated rings. The molecule has 0 N–H and O–H groups in total. The summed E-state index contributed by atoms with van der Waals surface area (Å²) in [7, 11) is 0. The molecule has 0 atom stereocenters. The molecule has 0 bridgehead atoms. The molecule has 0 aliphatic rings. The van der Waals surface area contributed by atoms with Crippen molar-refractivity contribution in [1.29, 1.82) is 0 Å². The molecule has 0 saturated heterocycles. The summed E-state index contributed by atoms with van der Waals surface area (Å²) < 4.78 is 0. The van der Waals surface area contributed by atoms with Crippen LogP contribution < -0.4 is 0 Å². The maximum atomic E-state index is 11.7. The van der Waals surface area contributed by atoms with Crippen LogP contribution in [0.25, 0.3) is 11.1 Å². The quantitative estimate of drug-likeness (QED) is 0.731. The molecule has 2 aromatic rings. The predicted molar refractivity (Wildman–Crippen MR) is 80.1 cm³/mol. The first-order valence-corrected chi connectivity index (χ1v) is 6.95. The number of carbonyl (C=O) groups is 1. The van der Waals surface area contributed by atoms with Gasteiger partial charge in [0.25, 0.3) is 0 Å². The van der Waals surface area contributed by atoms with Crippen LogP contribution in [0.4, 0.5) is 0 Å². The zero-order valence-corrected chi connectivity index (χ0v) is 11.4. The number of ketones is 1. The largest absolute Gasteiger partial charge is 0.299 e. The molecule has 2 aromatic carbocycles. The molecular weight excluding hydrogens is 232 g/mol. The molecule has 1 nitrogen and oxygen atoms in total. The van der Waals surface area contributed by atoms with Gasteiger partial charge < -0.3 is 0 Å². The average Bonchev–Trinajstić information content (AvgIpc) is 2.47. The first-order chi connectivity index (χ1) is 9.29. The van der Waals surface area contributed by atoms with Crippen LogP contribution in [0.2, 0.25) is 0 Å². The van der Waals surface area contributed by atoms with E-state index in [1.165, 1.54) is 11.1 Å². The van der Waals surface area contributed by atoms with Crippen molar-refractivity contribution in [1.82, 2.24) is 0 Å². The monoisotopic (exact) mass is 252 g/mol. The van der Waals surface area contributed by atoms with Gasteiger partial charge in [-0.3, -0.25) is 4.79 Å². The zero-order valence-electron chi connectivity index (χ0n) is 11.4. The van der Waals surface area contributed by atoms with E-state index in [0.29, 0.717) is 18.6 Å². The Bertz CT molecular complexity index is 511. The average molecular weight is 252 g/mol. The first-order valence-electron chi connectivity index (χ1n) is 6.95. The highest BCUT2D eigenvalue weighted by Crippen LogP contribution is 2.19. The number of Topliss-reactive ketones (excluding diaryl/α,β-unsaturated/α-hetero) is 1. The van der Waals surface area contributed by atoms with Crippen molar-refractivity contribution in [2.24, 2.45) is 0 Å². The Morgan fingerprint density at radius 2 is 1.53 bits per heavy atom. The molecule has 1 heteroatoms. The highest BCUT2D eigenvalue weighted by Gasteiger charge is 2.03. The van der Waals surface area contributed by atoms with Crippen LogP contribution in [0.15, 0.2) is 54.6 Å². The first kappa shape index (κ1) is 13.5. The Hall–Kier alpha value is -1.89. The number of unbranched alkanes of at least 4 members (excludes halogenated alkanes) is 1. The number of benzene rings is 2. The van der Waals surface area contributed by atoms with Crippen molar-refractivity contribution in [3.05, 3.63) is 60.2 Å². The van der Waals surface area contributed by atoms with Gasteiger partial charge in [-0.25, -0.2) is 0 Å². The van der Waals surface area contributed by atoms with Crippen molar-refractivity contribution in [2.75, 3.05) is 0 Å². The fraction of sp³-hybridized carbons (Fsp3) is 0.278. The fourth-order valence-corrected chi connectivity index (χ4v) is 2.14. The van der Waals surface area contributed by atoms with E-state index in [-0.39, 0.29) is 0 Å². The molecule has 0 aromatic heterocycles. The van der Waals surface area contributed by atoms with E-state index in [0.717, 1.165) is 18.4 Å². The van der Waals surface area contributed by atoms with Crippen LogP contribution in [0.5, 0.6) is 0 Å². The minimum absolute atomic E-state index is 0.342. The number of hydrogen-bond acceptors (Lipinski definition) is 1. The maximum Gasteiger partial charge on any atom is 0.137 e. The van der Waals surface area contributed by atoms with Gasteiger partial charge in [0.1, 0.15) is 5.78 Å². The number of rotatable bonds is 6. The van der Waals surface area contributed by atoms with Crippen LogP contribution in [0.3, 0.4) is 0 Å². The molecule has 0 amide bonds. The van der Waals surface area contributed by atoms with Crippen molar-refractivity contribution >= 4 is 5.78 Å². The third kappa shape index (κ3) is 4.06. The Balaban J connectivity index is 2.01. The Morgan fingerprint density at radius 1 is 0.895 bits per heavy atom. The van der Waals surface area contributed by atoms with Gasteiger partial charge in [0.2, 0.25) is 0 Å². The van der Waals surface area contributed by atoms with Crippen molar-refractivity contribution in [3.8, 4) is 11.1 Å². The van der Waals surface area contributed by atoms with Gasteiger partial charge in [-0.15, -0.1) is 0 Å². The lowest BCUT2D eigenvalue weighted by atomic mass is 10.0. The lowest BCUT2D eigenvalue weighted by Crippen LogP contribution is -2.02. The lowest BCUT2D eigenvalue weighted by molar-refractivity contribution is -0.118. The molecule has 19 heavy (non-hydrogen) atoms. The third-order valence-corrected chi connectivity index (χ3v) is 3.27. The SMILES string of the molecule is CCCCC(=O)Cc1ccc(-c2ccccc2)cc1. The second kappa shape index (κ2) is 6.89. The van der Waals surface area contributed by atoms with Gasteiger partial charge in [0, 0.05) is 12.8 Å². The fourth-order valence-electron chi connectivity index (χ4n) is 2.14. The van der Waals surface area contributed by atoms with E-state index >= 15 is 0 Å². The van der Waals surface area contributed by atoms with Crippen LogP contribution in [-0.4, -0.2) is 5.78 Å². The zero-order chi connectivity index (χ0) is 13.5. The summed E-state index contributed by atoms with van der Waals surface area (Å²) >= 11 is 0. The summed E-state index contributed by atoms with van der Waals surface area (Å²) in [5.41, 5.74) is 3.53. The second-order valence-electron chi connectivity index (χ2n) is 4.88. The molecule has 2 rings (SSSR count). The molecule has 0 heterocycles. The molecule has 0 saturated carbocycles. The number of carbonyl (C=O) groups excluding carboxylic acids is 1. The highest BCUT2D eigenvalue weighted by molar-refractivity contribution is 5.81. The molecule has 0 radical (unpaired) electrons. The summed E-state index contributed by atoms with van der Waals surface area (Å²) in [5, 5.41) is 0. The Labute approximate surface area is 115 Å². The van der Waals surface area contributed by atoms with Gasteiger partial charge in [0.05, 0.1) is 0 Å². The molecular formula is C18H20O. The summed E-state index contributed by atoms with van der Waals surface area (Å²) in [5.74, 6) is 0.342. The Kier molecular flexibility index (Phi) is 4.91. The predicted octanol–water partition coefficient (Wildman–Crippen LogP) is 4.66. The van der Waals surface area contributed by atoms with Crippen LogP contribution in [-0.2, 0) is 11.2 Å². The minimum atomic E-state index is 0.342. The smallest absolute Gasteiger partial charge is 0.137 e. The van der Waals surface area contributed by atoms with Crippen molar-refractivity contribution in [3.63, 3.8) is 0 Å². The highest BCUT2D eigenvalue weighted by atomic mass is 16.1. The van der Waals surface area contributed by atoms with Gasteiger partial charge in [-0.2, -0.15) is 0 Å². The Morgan fingerprint density at radius 3 is 2.16 bits per heavy atom. The second-order valence-corrected chi connectivity index (χ2v) is 4.88. The van der Waals surface area contributed by atoms with E-state index < -0.39 is 0 Å². The van der Waals surface area contributed by atoms with E-state index in [1.54, 1.807) is 0 Å². The minimum Gasteiger partial charge on any atom is -0.299 e. The van der Waals surface area contributed by atoms with Crippen LogP contribution >= 0.6 is 0 Å². The van der Waals surface area contributed by atoms with E-state index in [1.807, 2.05) is 18.2 Å². The standard InChI is InChI=1S/C18H20O/c1-2-3-9-18(19)14-15-10-12-17(13-11-15)16-7-5-4-6-8-16/h4-8,10-13H,2-3,9,14H2,1H3. The topological polar surface area (TPSA) is 17.1 Å².